The van der Waals surface area contributed by atoms with Gasteiger partial charge in [-0.05, 0) is 25.7 Å². The Morgan fingerprint density at radius 1 is 1.53 bits per heavy atom. The maximum atomic E-state index is 11.3. The van der Waals surface area contributed by atoms with Gasteiger partial charge in [-0.3, -0.25) is 0 Å². The summed E-state index contributed by atoms with van der Waals surface area (Å²) in [5.41, 5.74) is 0.135. The molecule has 1 spiro atoms. The Hall–Kier alpha value is -1.43. The molecule has 1 aromatic heterocycles. The molecule has 1 aromatic rings. The number of hydrogen-bond donors (Lipinski definition) is 0. The molecule has 2 fully saturated rings. The van der Waals surface area contributed by atoms with Crippen LogP contribution in [0.15, 0.2) is 6.33 Å². The number of rotatable bonds is 3. The predicted molar refractivity (Wildman–Crippen MR) is 66.7 cm³/mol. The number of nitrogens with zero attached hydrogens (tertiary/aromatic N) is 3. The molecule has 0 radical (unpaired) electrons. The lowest BCUT2D eigenvalue weighted by Gasteiger charge is -2.23. The van der Waals surface area contributed by atoms with Gasteiger partial charge in [0.25, 0.3) is 5.82 Å². The lowest BCUT2D eigenvalue weighted by molar-refractivity contribution is -0.0429. The molecule has 1 aliphatic carbocycles. The van der Waals surface area contributed by atoms with E-state index in [1.54, 1.807) is 11.0 Å². The molecule has 1 aliphatic heterocycles. The maximum absolute atomic E-state index is 11.3. The van der Waals surface area contributed by atoms with E-state index in [1.165, 1.54) is 32.8 Å². The zero-order valence-electron chi connectivity index (χ0n) is 11.2. The highest BCUT2D eigenvalue weighted by atomic mass is 16.5. The second kappa shape index (κ2) is 4.92. The van der Waals surface area contributed by atoms with Gasteiger partial charge in [0, 0.05) is 0 Å². The van der Waals surface area contributed by atoms with E-state index in [1.807, 2.05) is 0 Å². The molecule has 2 aliphatic rings. The summed E-state index contributed by atoms with van der Waals surface area (Å²) in [7, 11) is 1.33. The summed E-state index contributed by atoms with van der Waals surface area (Å²) in [4.78, 5) is 15.2. The lowest BCUT2D eigenvalue weighted by atomic mass is 9.98. The van der Waals surface area contributed by atoms with Gasteiger partial charge in [0.1, 0.15) is 6.33 Å². The summed E-state index contributed by atoms with van der Waals surface area (Å²) in [5, 5.41) is 4.11. The smallest absolute Gasteiger partial charge is 0.377 e. The molecule has 19 heavy (non-hydrogen) atoms. The first-order chi connectivity index (χ1) is 9.21. The predicted octanol–water partition coefficient (Wildman–Crippen LogP) is 1.56. The second-order valence-electron chi connectivity index (χ2n) is 5.45. The van der Waals surface area contributed by atoms with Crippen LogP contribution in [0.1, 0.15) is 49.1 Å². The van der Waals surface area contributed by atoms with E-state index in [0.29, 0.717) is 6.54 Å². The van der Waals surface area contributed by atoms with Crippen molar-refractivity contribution in [3.05, 3.63) is 12.2 Å². The van der Waals surface area contributed by atoms with Crippen molar-refractivity contribution in [2.24, 2.45) is 0 Å². The highest BCUT2D eigenvalue weighted by Crippen LogP contribution is 2.43. The van der Waals surface area contributed by atoms with Gasteiger partial charge in [-0.2, -0.15) is 0 Å². The van der Waals surface area contributed by atoms with Gasteiger partial charge in [-0.25, -0.2) is 14.5 Å². The first kappa shape index (κ1) is 12.6. The van der Waals surface area contributed by atoms with Crippen LogP contribution in [0.5, 0.6) is 0 Å². The van der Waals surface area contributed by atoms with Crippen LogP contribution in [0.2, 0.25) is 0 Å². The average Bonchev–Trinajstić information content (AvgIpc) is 3.13. The molecule has 0 amide bonds. The van der Waals surface area contributed by atoms with E-state index in [-0.39, 0.29) is 17.5 Å². The molecule has 1 saturated carbocycles. The Morgan fingerprint density at radius 2 is 2.32 bits per heavy atom. The normalized spacial score (nSPS) is 25.0. The number of hydrogen-bond acceptors (Lipinski definition) is 5. The number of esters is 1. The van der Waals surface area contributed by atoms with Crippen molar-refractivity contribution < 1.29 is 14.3 Å². The SMILES string of the molecule is COC(=O)c1ncn(CC2CCC3(CCCC3)O2)n1. The summed E-state index contributed by atoms with van der Waals surface area (Å²) in [6, 6.07) is 0. The van der Waals surface area contributed by atoms with Crippen LogP contribution < -0.4 is 0 Å². The van der Waals surface area contributed by atoms with Crippen LogP contribution in [-0.4, -0.2) is 39.5 Å². The molecule has 1 unspecified atom stereocenters. The molecular weight excluding hydrogens is 246 g/mol. The fourth-order valence-electron chi connectivity index (χ4n) is 3.19. The van der Waals surface area contributed by atoms with Crippen LogP contribution in [-0.2, 0) is 16.0 Å². The molecule has 0 N–H and O–H groups in total. The lowest BCUT2D eigenvalue weighted by Crippen LogP contribution is -2.26. The van der Waals surface area contributed by atoms with E-state index in [4.69, 9.17) is 4.74 Å². The fourth-order valence-corrected chi connectivity index (χ4v) is 3.19. The average molecular weight is 265 g/mol. The topological polar surface area (TPSA) is 66.2 Å². The van der Waals surface area contributed by atoms with E-state index in [0.717, 1.165) is 12.8 Å². The van der Waals surface area contributed by atoms with Gasteiger partial charge in [0.05, 0.1) is 25.4 Å². The van der Waals surface area contributed by atoms with Crippen molar-refractivity contribution in [2.45, 2.75) is 56.8 Å². The number of aromatic nitrogens is 3. The Kier molecular flexibility index (Phi) is 3.26. The highest BCUT2D eigenvalue weighted by molar-refractivity contribution is 5.84. The minimum absolute atomic E-state index is 0.107. The Balaban J connectivity index is 1.60. The van der Waals surface area contributed by atoms with Crippen molar-refractivity contribution in [3.8, 4) is 0 Å². The van der Waals surface area contributed by atoms with Gasteiger partial charge in [0.15, 0.2) is 0 Å². The van der Waals surface area contributed by atoms with Crippen LogP contribution >= 0.6 is 0 Å². The van der Waals surface area contributed by atoms with E-state index in [2.05, 4.69) is 14.8 Å². The summed E-state index contributed by atoms with van der Waals surface area (Å²) < 4.78 is 12.5. The van der Waals surface area contributed by atoms with Crippen LogP contribution in [0.3, 0.4) is 0 Å². The molecular formula is C13H19N3O3. The van der Waals surface area contributed by atoms with E-state index in [9.17, 15) is 4.79 Å². The van der Waals surface area contributed by atoms with Crippen LogP contribution in [0.25, 0.3) is 0 Å². The van der Waals surface area contributed by atoms with Gasteiger partial charge < -0.3 is 9.47 Å². The van der Waals surface area contributed by atoms with Crippen LogP contribution in [0, 0.1) is 0 Å². The van der Waals surface area contributed by atoms with Crippen LogP contribution in [0.4, 0.5) is 0 Å². The summed E-state index contributed by atoms with van der Waals surface area (Å²) in [6.45, 7) is 0.658. The first-order valence-electron chi connectivity index (χ1n) is 6.86. The van der Waals surface area contributed by atoms with Crippen molar-refractivity contribution >= 4 is 5.97 Å². The zero-order valence-corrected chi connectivity index (χ0v) is 11.2. The Bertz CT molecular complexity index is 465. The molecule has 0 aromatic carbocycles. The van der Waals surface area contributed by atoms with E-state index < -0.39 is 5.97 Å². The molecule has 1 saturated heterocycles. The number of carbonyl (C=O) groups excluding carboxylic acids is 1. The molecule has 0 bridgehead atoms. The highest BCUT2D eigenvalue weighted by Gasteiger charge is 2.42. The van der Waals surface area contributed by atoms with Crippen molar-refractivity contribution in [1.29, 1.82) is 0 Å². The molecule has 1 atom stereocenters. The fraction of sp³-hybridized carbons (Fsp3) is 0.769. The summed E-state index contributed by atoms with van der Waals surface area (Å²) >= 11 is 0. The van der Waals surface area contributed by atoms with Gasteiger partial charge in [-0.1, -0.05) is 12.8 Å². The molecule has 104 valence electrons. The van der Waals surface area contributed by atoms with Crippen molar-refractivity contribution in [1.82, 2.24) is 14.8 Å². The minimum Gasteiger partial charge on any atom is -0.463 e. The Morgan fingerprint density at radius 3 is 3.05 bits per heavy atom. The molecule has 6 nitrogen and oxygen atoms in total. The zero-order chi connectivity index (χ0) is 13.3. The molecule has 6 heteroatoms. The Labute approximate surface area is 112 Å². The number of methoxy groups -OCH3 is 1. The quantitative estimate of drug-likeness (QED) is 0.776. The molecule has 2 heterocycles. The molecule has 3 rings (SSSR count). The minimum atomic E-state index is -0.502. The van der Waals surface area contributed by atoms with Crippen molar-refractivity contribution in [3.63, 3.8) is 0 Å². The number of carbonyl (C=O) groups is 1. The van der Waals surface area contributed by atoms with Gasteiger partial charge in [-0.15, -0.1) is 5.10 Å². The monoisotopic (exact) mass is 265 g/mol. The number of ether oxygens (including phenoxy) is 2. The standard InChI is InChI=1S/C13H19N3O3/c1-18-12(17)11-14-9-16(15-11)8-10-4-7-13(19-10)5-2-3-6-13/h9-10H,2-8H2,1H3. The summed E-state index contributed by atoms with van der Waals surface area (Å²) in [5.74, 6) is -0.394. The first-order valence-corrected chi connectivity index (χ1v) is 6.86. The van der Waals surface area contributed by atoms with Gasteiger partial charge in [0.2, 0.25) is 0 Å². The third-order valence-electron chi connectivity index (χ3n) is 4.15. The van der Waals surface area contributed by atoms with Crippen molar-refractivity contribution in [2.75, 3.05) is 7.11 Å². The third-order valence-corrected chi connectivity index (χ3v) is 4.15. The van der Waals surface area contributed by atoms with Gasteiger partial charge >= 0.3 is 5.97 Å². The summed E-state index contributed by atoms with van der Waals surface area (Å²) in [6.07, 6.45) is 8.90. The largest absolute Gasteiger partial charge is 0.463 e. The third kappa shape index (κ3) is 2.49. The second-order valence-corrected chi connectivity index (χ2v) is 5.45. The maximum Gasteiger partial charge on any atom is 0.377 e. The van der Waals surface area contributed by atoms with E-state index >= 15 is 0 Å².